The Morgan fingerprint density at radius 3 is 0.871 bits per heavy atom. The first-order valence-electron chi connectivity index (χ1n) is 31.9. The Morgan fingerprint density at radius 1 is 0.343 bits per heavy atom. The van der Waals surface area contributed by atoms with Crippen LogP contribution in [-0.2, 0) is 4.79 Å². The lowest BCUT2D eigenvalue weighted by Crippen LogP contribution is -2.45. The maximum absolute atomic E-state index is 12.5. The molecule has 0 aromatic carbocycles. The lowest BCUT2D eigenvalue weighted by atomic mass is 10.0. The highest BCUT2D eigenvalue weighted by Crippen LogP contribution is 2.18. The van der Waals surface area contributed by atoms with Gasteiger partial charge in [-0.15, -0.1) is 0 Å². The molecule has 0 saturated carbocycles. The fraction of sp³-hybridized carbons (Fsp3) is 0.864. The van der Waals surface area contributed by atoms with E-state index in [9.17, 15) is 15.0 Å². The number of aliphatic hydroxyl groups excluding tert-OH is 2. The molecule has 70 heavy (non-hydrogen) atoms. The predicted molar refractivity (Wildman–Crippen MR) is 313 cm³/mol. The van der Waals surface area contributed by atoms with E-state index >= 15 is 0 Å². The Kier molecular flexibility index (Phi) is 60.2. The fourth-order valence-corrected chi connectivity index (χ4v) is 9.96. The van der Waals surface area contributed by atoms with Gasteiger partial charge >= 0.3 is 0 Å². The van der Waals surface area contributed by atoms with Gasteiger partial charge in [0.05, 0.1) is 18.8 Å². The summed E-state index contributed by atoms with van der Waals surface area (Å²) in [5, 5.41) is 23.2. The Labute approximate surface area is 439 Å². The quantitative estimate of drug-likeness (QED) is 0.0420. The largest absolute Gasteiger partial charge is 0.394 e. The van der Waals surface area contributed by atoms with Crippen molar-refractivity contribution in [2.24, 2.45) is 0 Å². The van der Waals surface area contributed by atoms with Gasteiger partial charge in [0.25, 0.3) is 0 Å². The molecule has 1 amide bonds. The van der Waals surface area contributed by atoms with Crippen molar-refractivity contribution in [2.45, 2.75) is 360 Å². The van der Waals surface area contributed by atoms with E-state index in [4.69, 9.17) is 0 Å². The summed E-state index contributed by atoms with van der Waals surface area (Å²) in [6.07, 6.45) is 85.9. The number of carbonyl (C=O) groups is 1. The van der Waals surface area contributed by atoms with Crippen molar-refractivity contribution in [2.75, 3.05) is 6.61 Å². The number of allylic oxidation sites excluding steroid dienone is 7. The first-order chi connectivity index (χ1) is 34.7. The number of rotatable bonds is 59. The van der Waals surface area contributed by atoms with E-state index in [-0.39, 0.29) is 12.5 Å². The predicted octanol–water partition coefficient (Wildman–Crippen LogP) is 21.4. The molecule has 0 rings (SSSR count). The lowest BCUT2D eigenvalue weighted by Gasteiger charge is -2.20. The van der Waals surface area contributed by atoms with E-state index in [1.165, 1.54) is 289 Å². The maximum Gasteiger partial charge on any atom is 0.220 e. The van der Waals surface area contributed by atoms with Crippen LogP contribution in [0.15, 0.2) is 48.6 Å². The number of carbonyl (C=O) groups excluding carboxylic acids is 1. The molecule has 412 valence electrons. The Balaban J connectivity index is 3.44. The van der Waals surface area contributed by atoms with Crippen molar-refractivity contribution in [3.05, 3.63) is 48.6 Å². The van der Waals surface area contributed by atoms with E-state index in [1.54, 1.807) is 6.08 Å². The lowest BCUT2D eigenvalue weighted by molar-refractivity contribution is -0.123. The molecule has 4 heteroatoms. The number of hydrogen-bond donors (Lipinski definition) is 3. The van der Waals surface area contributed by atoms with Crippen molar-refractivity contribution >= 4 is 5.91 Å². The van der Waals surface area contributed by atoms with Gasteiger partial charge < -0.3 is 15.5 Å². The average molecular weight is 981 g/mol. The molecule has 0 heterocycles. The van der Waals surface area contributed by atoms with Gasteiger partial charge in [-0.25, -0.2) is 0 Å². The molecule has 0 aliphatic carbocycles. The Bertz CT molecular complexity index is 1110. The molecule has 4 nitrogen and oxygen atoms in total. The highest BCUT2D eigenvalue weighted by atomic mass is 16.3. The van der Waals surface area contributed by atoms with Crippen molar-refractivity contribution in [1.29, 1.82) is 0 Å². The molecule has 0 spiro atoms. The SMILES string of the molecule is CCCCCCC/C=C\C/C=C\C/C=C\CCCCCCCCCCCCCCCCCCCCCCC(=O)NC(CO)C(O)/C=C/CCCCCCCCCCCCCCCCCCCCCCC. The zero-order valence-electron chi connectivity index (χ0n) is 47.6. The molecule has 0 aliphatic heterocycles. The molecular weight excluding hydrogens is 855 g/mol. The van der Waals surface area contributed by atoms with Gasteiger partial charge in [0.2, 0.25) is 5.91 Å². The Morgan fingerprint density at radius 2 is 0.586 bits per heavy atom. The molecule has 0 fully saturated rings. The van der Waals surface area contributed by atoms with Crippen LogP contribution in [0.25, 0.3) is 0 Å². The van der Waals surface area contributed by atoms with Crippen LogP contribution in [0, 0.1) is 0 Å². The standard InChI is InChI=1S/C66H125NO3/c1-3-5-7-9-11-13-15-17-19-21-23-25-27-28-29-30-31-32-33-34-35-36-37-38-40-42-44-46-48-50-52-54-56-58-60-62-66(70)67-64(63-68)65(69)61-59-57-55-53-51-49-47-45-43-41-39-26-24-22-20-18-16-14-12-10-8-6-4-2/h15,17,21,23,27-28,59,61,64-65,68-69H,3-14,16,18-20,22,24-26,29-58,60,62-63H2,1-2H3,(H,67,70)/b17-15-,23-21-,28-27-,61-59+. The first-order valence-corrected chi connectivity index (χ1v) is 31.9. The summed E-state index contributed by atoms with van der Waals surface area (Å²) in [6, 6.07) is -0.623. The summed E-state index contributed by atoms with van der Waals surface area (Å²) >= 11 is 0. The topological polar surface area (TPSA) is 69.6 Å². The van der Waals surface area contributed by atoms with Crippen molar-refractivity contribution < 1.29 is 15.0 Å². The summed E-state index contributed by atoms with van der Waals surface area (Å²) in [5.74, 6) is -0.0579. The number of nitrogens with one attached hydrogen (secondary N) is 1. The van der Waals surface area contributed by atoms with Gasteiger partial charge in [-0.05, 0) is 57.8 Å². The van der Waals surface area contributed by atoms with E-state index in [1.807, 2.05) is 6.08 Å². The third-order valence-electron chi connectivity index (χ3n) is 14.8. The van der Waals surface area contributed by atoms with Gasteiger partial charge in [0.1, 0.15) is 0 Å². The van der Waals surface area contributed by atoms with E-state index in [0.717, 1.165) is 38.5 Å². The van der Waals surface area contributed by atoms with Crippen LogP contribution in [0.3, 0.4) is 0 Å². The van der Waals surface area contributed by atoms with Gasteiger partial charge in [-0.3, -0.25) is 4.79 Å². The van der Waals surface area contributed by atoms with Crippen LogP contribution in [0.5, 0.6) is 0 Å². The molecular formula is C66H125NO3. The highest BCUT2D eigenvalue weighted by molar-refractivity contribution is 5.76. The zero-order chi connectivity index (χ0) is 50.6. The van der Waals surface area contributed by atoms with Crippen LogP contribution in [0.4, 0.5) is 0 Å². The molecule has 0 aliphatic rings. The summed E-state index contributed by atoms with van der Waals surface area (Å²) in [6.45, 7) is 4.33. The molecule has 0 bridgehead atoms. The molecule has 0 aromatic heterocycles. The summed E-state index contributed by atoms with van der Waals surface area (Å²) in [7, 11) is 0. The minimum Gasteiger partial charge on any atom is -0.394 e. The molecule has 2 unspecified atom stereocenters. The molecule has 2 atom stereocenters. The summed E-state index contributed by atoms with van der Waals surface area (Å²) in [5.41, 5.74) is 0. The number of hydrogen-bond acceptors (Lipinski definition) is 3. The van der Waals surface area contributed by atoms with Crippen LogP contribution in [-0.4, -0.2) is 34.9 Å². The van der Waals surface area contributed by atoms with E-state index in [2.05, 4.69) is 55.6 Å². The normalized spacial score (nSPS) is 13.0. The highest BCUT2D eigenvalue weighted by Gasteiger charge is 2.18. The molecule has 0 aromatic rings. The molecule has 0 radical (unpaired) electrons. The van der Waals surface area contributed by atoms with Gasteiger partial charge in [0.15, 0.2) is 0 Å². The fourth-order valence-electron chi connectivity index (χ4n) is 9.96. The van der Waals surface area contributed by atoms with Crippen molar-refractivity contribution in [3.8, 4) is 0 Å². The van der Waals surface area contributed by atoms with Gasteiger partial charge in [-0.1, -0.05) is 332 Å². The third-order valence-corrected chi connectivity index (χ3v) is 14.8. The number of amides is 1. The second kappa shape index (κ2) is 61.6. The smallest absolute Gasteiger partial charge is 0.220 e. The zero-order valence-corrected chi connectivity index (χ0v) is 47.6. The van der Waals surface area contributed by atoms with Crippen LogP contribution >= 0.6 is 0 Å². The average Bonchev–Trinajstić information content (AvgIpc) is 3.36. The van der Waals surface area contributed by atoms with Crippen molar-refractivity contribution in [1.82, 2.24) is 5.32 Å². The summed E-state index contributed by atoms with van der Waals surface area (Å²) < 4.78 is 0. The van der Waals surface area contributed by atoms with Crippen LogP contribution < -0.4 is 5.32 Å². The monoisotopic (exact) mass is 980 g/mol. The van der Waals surface area contributed by atoms with Gasteiger partial charge in [0, 0.05) is 6.42 Å². The van der Waals surface area contributed by atoms with Crippen LogP contribution in [0.2, 0.25) is 0 Å². The molecule has 0 saturated heterocycles. The number of aliphatic hydroxyl groups is 2. The van der Waals surface area contributed by atoms with Crippen LogP contribution in [0.1, 0.15) is 348 Å². The van der Waals surface area contributed by atoms with E-state index in [0.29, 0.717) is 6.42 Å². The summed E-state index contributed by atoms with van der Waals surface area (Å²) in [4.78, 5) is 12.5. The number of unbranched alkanes of at least 4 members (excludes halogenated alkanes) is 46. The van der Waals surface area contributed by atoms with Crippen molar-refractivity contribution in [3.63, 3.8) is 0 Å². The third kappa shape index (κ3) is 57.3. The minimum absolute atomic E-state index is 0.0579. The first kappa shape index (κ1) is 68.4. The van der Waals surface area contributed by atoms with Gasteiger partial charge in [-0.2, -0.15) is 0 Å². The minimum atomic E-state index is -0.840. The van der Waals surface area contributed by atoms with E-state index < -0.39 is 12.1 Å². The molecule has 3 N–H and O–H groups in total. The second-order valence-corrected chi connectivity index (χ2v) is 21.8. The maximum atomic E-state index is 12.5. The Hall–Kier alpha value is -1.65. The second-order valence-electron chi connectivity index (χ2n) is 21.8.